The van der Waals surface area contributed by atoms with Crippen LogP contribution in [0.4, 0.5) is 0 Å². The largest absolute Gasteiger partial charge is 0.476 e. The van der Waals surface area contributed by atoms with Crippen LogP contribution in [0.5, 0.6) is 5.75 Å². The summed E-state index contributed by atoms with van der Waals surface area (Å²) in [6.07, 6.45) is 5.04. The molecule has 1 fully saturated rings. The molecular weight excluding hydrogens is 408 g/mol. The first-order valence-electron chi connectivity index (χ1n) is 11.1. The lowest BCUT2D eigenvalue weighted by molar-refractivity contribution is -0.135. The molecule has 31 heavy (non-hydrogen) atoms. The van der Waals surface area contributed by atoms with Crippen LogP contribution in [0.2, 0.25) is 5.02 Å². The van der Waals surface area contributed by atoms with Crippen molar-refractivity contribution in [1.29, 1.82) is 0 Å². The van der Waals surface area contributed by atoms with Crippen molar-refractivity contribution in [3.63, 3.8) is 0 Å². The van der Waals surface area contributed by atoms with Crippen LogP contribution in [-0.2, 0) is 11.2 Å². The van der Waals surface area contributed by atoms with E-state index in [0.29, 0.717) is 10.8 Å². The molecule has 0 aliphatic heterocycles. The molecule has 0 saturated heterocycles. The van der Waals surface area contributed by atoms with Crippen molar-refractivity contribution in [3.05, 3.63) is 64.7 Å². The maximum Gasteiger partial charge on any atom is 0.263 e. The van der Waals surface area contributed by atoms with Gasteiger partial charge in [0.15, 0.2) is 5.60 Å². The Hall–Kier alpha value is -2.04. The van der Waals surface area contributed by atoms with Crippen LogP contribution in [-0.4, -0.2) is 42.1 Å². The van der Waals surface area contributed by atoms with Crippen LogP contribution >= 0.6 is 11.6 Å². The lowest BCUT2D eigenvalue weighted by Gasteiger charge is -2.46. The minimum Gasteiger partial charge on any atom is -0.476 e. The topological polar surface area (TPSA) is 41.6 Å². The number of nitrogens with one attached hydrogen (secondary N) is 1. The summed E-state index contributed by atoms with van der Waals surface area (Å²) in [5.41, 5.74) is 1.88. The van der Waals surface area contributed by atoms with Crippen molar-refractivity contribution in [1.82, 2.24) is 10.2 Å². The second kappa shape index (κ2) is 9.62. The Kier molecular flexibility index (Phi) is 7.33. The van der Waals surface area contributed by atoms with Gasteiger partial charge in [-0.1, -0.05) is 48.0 Å². The SMILES string of the molecule is Cc1ccccc1CC1(N(C)C)CCC(NC(=O)C(C)(C)Oc2ccccc2Cl)CC1. The third-order valence-corrected chi connectivity index (χ3v) is 7.04. The second-order valence-corrected chi connectivity index (χ2v) is 9.92. The van der Waals surface area contributed by atoms with Gasteiger partial charge in [0, 0.05) is 11.6 Å². The number of likely N-dealkylation sites (N-methyl/N-ethyl adjacent to an activating group) is 1. The molecule has 0 heterocycles. The fourth-order valence-electron chi connectivity index (χ4n) is 4.45. The molecule has 1 saturated carbocycles. The number of carbonyl (C=O) groups excluding carboxylic acids is 1. The Balaban J connectivity index is 1.62. The zero-order chi connectivity index (χ0) is 22.6. The van der Waals surface area contributed by atoms with Gasteiger partial charge in [-0.3, -0.25) is 4.79 Å². The first-order valence-corrected chi connectivity index (χ1v) is 11.5. The van der Waals surface area contributed by atoms with Gasteiger partial charge in [-0.25, -0.2) is 0 Å². The maximum absolute atomic E-state index is 13.0. The summed E-state index contributed by atoms with van der Waals surface area (Å²) in [7, 11) is 4.36. The number of carbonyl (C=O) groups is 1. The molecular formula is C26H35ClN2O2. The van der Waals surface area contributed by atoms with E-state index >= 15 is 0 Å². The molecule has 0 bridgehead atoms. The van der Waals surface area contributed by atoms with E-state index in [2.05, 4.69) is 55.5 Å². The molecule has 1 aliphatic carbocycles. The van der Waals surface area contributed by atoms with Gasteiger partial charge in [-0.2, -0.15) is 0 Å². The van der Waals surface area contributed by atoms with Gasteiger partial charge in [-0.05, 0) is 90.2 Å². The van der Waals surface area contributed by atoms with Crippen LogP contribution in [0.3, 0.4) is 0 Å². The highest BCUT2D eigenvalue weighted by atomic mass is 35.5. The van der Waals surface area contributed by atoms with Crippen molar-refractivity contribution >= 4 is 17.5 Å². The Labute approximate surface area is 191 Å². The number of ether oxygens (including phenoxy) is 1. The number of hydrogen-bond donors (Lipinski definition) is 1. The van der Waals surface area contributed by atoms with Crippen LogP contribution in [0.1, 0.15) is 50.7 Å². The lowest BCUT2D eigenvalue weighted by Crippen LogP contribution is -2.55. The molecule has 1 aliphatic rings. The summed E-state index contributed by atoms with van der Waals surface area (Å²) in [6.45, 7) is 5.76. The zero-order valence-electron chi connectivity index (χ0n) is 19.4. The van der Waals surface area contributed by atoms with E-state index in [-0.39, 0.29) is 17.5 Å². The number of amides is 1. The highest BCUT2D eigenvalue weighted by Crippen LogP contribution is 2.36. The molecule has 0 unspecified atom stereocenters. The molecule has 2 aromatic rings. The van der Waals surface area contributed by atoms with Crippen LogP contribution in [0, 0.1) is 6.92 Å². The predicted molar refractivity (Wildman–Crippen MR) is 128 cm³/mol. The van der Waals surface area contributed by atoms with Gasteiger partial charge >= 0.3 is 0 Å². The number of halogens is 1. The van der Waals surface area contributed by atoms with Crippen molar-refractivity contribution in [3.8, 4) is 5.75 Å². The summed E-state index contributed by atoms with van der Waals surface area (Å²) < 4.78 is 5.96. The Bertz CT molecular complexity index is 902. The van der Waals surface area contributed by atoms with E-state index < -0.39 is 5.60 Å². The fraction of sp³-hybridized carbons (Fsp3) is 0.500. The minimum absolute atomic E-state index is 0.103. The average molecular weight is 443 g/mol. The molecule has 168 valence electrons. The normalized spacial score (nSPS) is 21.7. The molecule has 5 heteroatoms. The van der Waals surface area contributed by atoms with E-state index in [1.165, 1.54) is 11.1 Å². The van der Waals surface area contributed by atoms with Crippen molar-refractivity contribution in [2.24, 2.45) is 0 Å². The third-order valence-electron chi connectivity index (χ3n) is 6.73. The Morgan fingerprint density at radius 2 is 1.74 bits per heavy atom. The first kappa shape index (κ1) is 23.6. The number of nitrogens with zero attached hydrogens (tertiary/aromatic N) is 1. The minimum atomic E-state index is -0.998. The van der Waals surface area contributed by atoms with Gasteiger partial charge in [0.2, 0.25) is 0 Å². The van der Waals surface area contributed by atoms with Crippen LogP contribution in [0.15, 0.2) is 48.5 Å². The molecule has 1 N–H and O–H groups in total. The number of hydrogen-bond acceptors (Lipinski definition) is 3. The molecule has 0 atom stereocenters. The second-order valence-electron chi connectivity index (χ2n) is 9.51. The van der Waals surface area contributed by atoms with E-state index in [1.807, 2.05) is 12.1 Å². The Morgan fingerprint density at radius 1 is 1.13 bits per heavy atom. The lowest BCUT2D eigenvalue weighted by atomic mass is 9.74. The van der Waals surface area contributed by atoms with Gasteiger partial charge in [0.05, 0.1) is 5.02 Å². The molecule has 0 aromatic heterocycles. The van der Waals surface area contributed by atoms with Gasteiger partial charge < -0.3 is 15.0 Å². The van der Waals surface area contributed by atoms with Gasteiger partial charge in [-0.15, -0.1) is 0 Å². The standard InChI is InChI=1S/C26H35ClN2O2/c1-19-10-6-7-11-20(19)18-26(29(4)5)16-14-21(15-17-26)28-24(30)25(2,3)31-23-13-9-8-12-22(23)27/h6-13,21H,14-18H2,1-5H3,(H,28,30). The van der Waals surface area contributed by atoms with Crippen LogP contribution in [0.25, 0.3) is 0 Å². The first-order chi connectivity index (χ1) is 14.6. The molecule has 3 rings (SSSR count). The summed E-state index contributed by atoms with van der Waals surface area (Å²) in [4.78, 5) is 15.4. The van der Waals surface area contributed by atoms with Crippen molar-refractivity contribution in [2.45, 2.75) is 70.1 Å². The Morgan fingerprint density at radius 3 is 2.35 bits per heavy atom. The monoisotopic (exact) mass is 442 g/mol. The van der Waals surface area contributed by atoms with Gasteiger partial charge in [0.25, 0.3) is 5.91 Å². The van der Waals surface area contributed by atoms with E-state index in [0.717, 1.165) is 32.1 Å². The zero-order valence-corrected chi connectivity index (χ0v) is 20.1. The van der Waals surface area contributed by atoms with Crippen molar-refractivity contribution < 1.29 is 9.53 Å². The maximum atomic E-state index is 13.0. The molecule has 4 nitrogen and oxygen atoms in total. The number of benzene rings is 2. The number of rotatable bonds is 7. The summed E-state index contributed by atoms with van der Waals surface area (Å²) in [6, 6.07) is 16.1. The highest BCUT2D eigenvalue weighted by molar-refractivity contribution is 6.32. The summed E-state index contributed by atoms with van der Waals surface area (Å²) >= 11 is 6.20. The number of para-hydroxylation sites is 1. The van der Waals surface area contributed by atoms with Crippen LogP contribution < -0.4 is 10.1 Å². The molecule has 1 amide bonds. The third kappa shape index (κ3) is 5.61. The predicted octanol–water partition coefficient (Wildman–Crippen LogP) is 5.41. The van der Waals surface area contributed by atoms with E-state index in [9.17, 15) is 4.79 Å². The number of aryl methyl sites for hydroxylation is 1. The van der Waals surface area contributed by atoms with Crippen molar-refractivity contribution in [2.75, 3.05) is 14.1 Å². The molecule has 2 aromatic carbocycles. The highest BCUT2D eigenvalue weighted by Gasteiger charge is 2.39. The summed E-state index contributed by atoms with van der Waals surface area (Å²) in [5, 5.41) is 3.73. The average Bonchev–Trinajstić information content (AvgIpc) is 2.72. The van der Waals surface area contributed by atoms with Gasteiger partial charge in [0.1, 0.15) is 5.75 Å². The smallest absolute Gasteiger partial charge is 0.263 e. The van der Waals surface area contributed by atoms with E-state index in [1.54, 1.807) is 26.0 Å². The quantitative estimate of drug-likeness (QED) is 0.623. The molecule has 0 radical (unpaired) electrons. The van der Waals surface area contributed by atoms with E-state index in [4.69, 9.17) is 16.3 Å². The fourth-order valence-corrected chi connectivity index (χ4v) is 4.63. The summed E-state index contributed by atoms with van der Waals surface area (Å²) in [5.74, 6) is 0.423. The molecule has 0 spiro atoms.